The molecule has 0 atom stereocenters. The molecule has 0 bridgehead atoms. The summed E-state index contributed by atoms with van der Waals surface area (Å²) in [5, 5.41) is 6.38. The van der Waals surface area contributed by atoms with E-state index in [2.05, 4.69) is 15.2 Å². The number of pyridine rings is 1. The average Bonchev–Trinajstić information content (AvgIpc) is 2.94. The Kier molecular flexibility index (Phi) is 5.55. The van der Waals surface area contributed by atoms with Crippen molar-refractivity contribution < 1.29 is 9.78 Å². The first-order valence-electron chi connectivity index (χ1n) is 9.27. The van der Waals surface area contributed by atoms with Crippen LogP contribution in [0, 0.1) is 0 Å². The Morgan fingerprint density at radius 3 is 2.50 bits per heavy atom. The lowest BCUT2D eigenvalue weighted by Gasteiger charge is -2.24. The number of nitrogens with one attached hydrogen (secondary N) is 2. The van der Waals surface area contributed by atoms with Crippen LogP contribution in [0.25, 0.3) is 10.8 Å². The summed E-state index contributed by atoms with van der Waals surface area (Å²) in [5.74, 6) is 0. The van der Waals surface area contributed by atoms with Gasteiger partial charge in [-0.25, -0.2) is 9.78 Å². The van der Waals surface area contributed by atoms with Gasteiger partial charge < -0.3 is 15.1 Å². The third-order valence-electron chi connectivity index (χ3n) is 5.00. The largest absolute Gasteiger partial charge is 0.367 e. The molecule has 5 nitrogen and oxygen atoms in total. The average molecular weight is 416 g/mol. The number of nitrogens with zero attached hydrogens (tertiary/aromatic N) is 2. The lowest BCUT2D eigenvalue weighted by Crippen LogP contribution is -2.38. The van der Waals surface area contributed by atoms with Crippen LogP contribution in [0.15, 0.2) is 54.9 Å². The Labute approximate surface area is 173 Å². The molecule has 0 unspecified atom stereocenters. The second-order valence-electron chi connectivity index (χ2n) is 6.78. The molecule has 0 radical (unpaired) electrons. The minimum Gasteiger partial charge on any atom is -0.367 e. The fraction of sp³-hybridized carbons (Fsp3) is 0.238. The molecule has 4 rings (SSSR count). The second-order valence-corrected chi connectivity index (χ2v) is 7.60. The summed E-state index contributed by atoms with van der Waals surface area (Å²) < 4.78 is 0. The summed E-state index contributed by atoms with van der Waals surface area (Å²) in [7, 11) is 0. The molecule has 2 heterocycles. The molecule has 2 aromatic carbocycles. The summed E-state index contributed by atoms with van der Waals surface area (Å²) >= 11 is 12.7. The molecule has 7 heteroatoms. The topological polar surface area (TPSA) is 49.7 Å². The van der Waals surface area contributed by atoms with Gasteiger partial charge in [-0.05, 0) is 17.9 Å². The minimum absolute atomic E-state index is 0.0863. The monoisotopic (exact) mass is 415 g/mol. The Bertz CT molecular complexity index is 985. The van der Waals surface area contributed by atoms with Crippen molar-refractivity contribution in [2.75, 3.05) is 36.4 Å². The lowest BCUT2D eigenvalue weighted by atomic mass is 10.1. The molecule has 0 spiro atoms. The number of rotatable bonds is 2. The highest BCUT2D eigenvalue weighted by Crippen LogP contribution is 2.32. The SMILES string of the molecule is O=C(Nc1cccc2ccccc12)N1CCCN(c2c(Cl)c[nH+]cc2Cl)CC1. The number of aromatic nitrogens is 1. The number of aromatic amines is 1. The van der Waals surface area contributed by atoms with Gasteiger partial charge in [-0.15, -0.1) is 0 Å². The van der Waals surface area contributed by atoms with Gasteiger partial charge in [0.15, 0.2) is 12.4 Å². The van der Waals surface area contributed by atoms with Crippen LogP contribution in [-0.4, -0.2) is 37.1 Å². The summed E-state index contributed by atoms with van der Waals surface area (Å²) in [6, 6.07) is 13.9. The number of hydrogen-bond donors (Lipinski definition) is 1. The second kappa shape index (κ2) is 8.25. The van der Waals surface area contributed by atoms with Gasteiger partial charge >= 0.3 is 6.03 Å². The molecule has 28 heavy (non-hydrogen) atoms. The van der Waals surface area contributed by atoms with Crippen LogP contribution in [0.2, 0.25) is 10.0 Å². The summed E-state index contributed by atoms with van der Waals surface area (Å²) in [5.41, 5.74) is 1.65. The van der Waals surface area contributed by atoms with Crippen molar-refractivity contribution in [1.29, 1.82) is 0 Å². The summed E-state index contributed by atoms with van der Waals surface area (Å²) in [4.78, 5) is 19.8. The molecular weight excluding hydrogens is 395 g/mol. The highest BCUT2D eigenvalue weighted by atomic mass is 35.5. The Balaban J connectivity index is 1.48. The molecule has 0 saturated carbocycles. The molecule has 1 aromatic heterocycles. The van der Waals surface area contributed by atoms with Crippen LogP contribution in [0.4, 0.5) is 16.2 Å². The van der Waals surface area contributed by atoms with Crippen molar-refractivity contribution in [1.82, 2.24) is 4.90 Å². The summed E-state index contributed by atoms with van der Waals surface area (Å²) in [6.45, 7) is 2.75. The van der Waals surface area contributed by atoms with E-state index in [1.54, 1.807) is 12.4 Å². The lowest BCUT2D eigenvalue weighted by molar-refractivity contribution is -0.377. The number of H-pyrrole nitrogens is 1. The van der Waals surface area contributed by atoms with E-state index in [1.807, 2.05) is 47.4 Å². The normalized spacial score (nSPS) is 14.8. The van der Waals surface area contributed by atoms with Crippen molar-refractivity contribution in [3.8, 4) is 0 Å². The number of benzene rings is 2. The zero-order valence-corrected chi connectivity index (χ0v) is 16.8. The van der Waals surface area contributed by atoms with Gasteiger partial charge in [-0.2, -0.15) is 0 Å². The zero-order valence-electron chi connectivity index (χ0n) is 15.3. The van der Waals surface area contributed by atoms with Crippen molar-refractivity contribution >= 4 is 51.4 Å². The Morgan fingerprint density at radius 1 is 0.929 bits per heavy atom. The molecule has 0 aliphatic carbocycles. The number of anilines is 2. The molecule has 144 valence electrons. The van der Waals surface area contributed by atoms with Gasteiger partial charge in [0, 0.05) is 31.6 Å². The molecule has 3 aromatic rings. The first-order chi connectivity index (χ1) is 13.6. The van der Waals surface area contributed by atoms with Crippen molar-refractivity contribution in [3.05, 3.63) is 64.9 Å². The van der Waals surface area contributed by atoms with Crippen LogP contribution >= 0.6 is 23.2 Å². The molecule has 1 aliphatic heterocycles. The molecular formula is C21H21Cl2N4O+. The van der Waals surface area contributed by atoms with E-state index in [4.69, 9.17) is 23.2 Å². The van der Waals surface area contributed by atoms with Crippen molar-refractivity contribution in [2.24, 2.45) is 0 Å². The van der Waals surface area contributed by atoms with Gasteiger partial charge in [0.05, 0.1) is 11.4 Å². The first-order valence-corrected chi connectivity index (χ1v) is 10.0. The fourth-order valence-electron chi connectivity index (χ4n) is 3.61. The van der Waals surface area contributed by atoms with Gasteiger partial charge in [-0.3, -0.25) is 0 Å². The number of urea groups is 1. The van der Waals surface area contributed by atoms with E-state index in [0.29, 0.717) is 29.7 Å². The predicted octanol–water partition coefficient (Wildman–Crippen LogP) is 4.70. The summed E-state index contributed by atoms with van der Waals surface area (Å²) in [6.07, 6.45) is 4.28. The predicted molar refractivity (Wildman–Crippen MR) is 114 cm³/mol. The maximum Gasteiger partial charge on any atom is 0.321 e. The number of carbonyl (C=O) groups is 1. The van der Waals surface area contributed by atoms with E-state index < -0.39 is 0 Å². The van der Waals surface area contributed by atoms with Gasteiger partial charge in [-0.1, -0.05) is 59.6 Å². The van der Waals surface area contributed by atoms with Crippen LogP contribution in [0.5, 0.6) is 0 Å². The van der Waals surface area contributed by atoms with Crippen LogP contribution in [0.3, 0.4) is 0 Å². The number of carbonyl (C=O) groups excluding carboxylic acids is 1. The maximum atomic E-state index is 12.9. The number of fused-ring (bicyclic) bond motifs is 1. The van der Waals surface area contributed by atoms with E-state index >= 15 is 0 Å². The Hall–Kier alpha value is -2.50. The smallest absolute Gasteiger partial charge is 0.321 e. The quantitative estimate of drug-likeness (QED) is 0.658. The third-order valence-corrected chi connectivity index (χ3v) is 5.58. The van der Waals surface area contributed by atoms with E-state index in [0.717, 1.165) is 35.1 Å². The fourth-order valence-corrected chi connectivity index (χ4v) is 4.23. The van der Waals surface area contributed by atoms with E-state index in [9.17, 15) is 4.79 Å². The number of amides is 2. The van der Waals surface area contributed by atoms with Gasteiger partial charge in [0.2, 0.25) is 0 Å². The maximum absolute atomic E-state index is 12.9. The van der Waals surface area contributed by atoms with E-state index in [-0.39, 0.29) is 6.03 Å². The van der Waals surface area contributed by atoms with Gasteiger partial charge in [0.25, 0.3) is 0 Å². The highest BCUT2D eigenvalue weighted by molar-refractivity contribution is 6.38. The van der Waals surface area contributed by atoms with Crippen LogP contribution in [-0.2, 0) is 0 Å². The standard InChI is InChI=1S/C21H20Cl2N4O/c22-17-13-24-14-18(23)20(17)26-9-4-10-27(12-11-26)21(28)25-19-8-3-6-15-5-1-2-7-16(15)19/h1-3,5-8,13-14H,4,9-12H2,(H,25,28)/p+1. The Morgan fingerprint density at radius 2 is 1.68 bits per heavy atom. The molecule has 1 fully saturated rings. The van der Waals surface area contributed by atoms with Crippen LogP contribution < -0.4 is 15.2 Å². The number of halogens is 2. The molecule has 1 aliphatic rings. The zero-order chi connectivity index (χ0) is 19.5. The molecule has 2 amide bonds. The molecule has 2 N–H and O–H groups in total. The van der Waals surface area contributed by atoms with Crippen LogP contribution in [0.1, 0.15) is 6.42 Å². The first kappa shape index (κ1) is 18.8. The third kappa shape index (κ3) is 3.86. The molecule has 1 saturated heterocycles. The van der Waals surface area contributed by atoms with Crippen molar-refractivity contribution in [3.63, 3.8) is 0 Å². The van der Waals surface area contributed by atoms with Gasteiger partial charge in [0.1, 0.15) is 10.0 Å². The van der Waals surface area contributed by atoms with Crippen molar-refractivity contribution in [2.45, 2.75) is 6.42 Å². The number of hydrogen-bond acceptors (Lipinski definition) is 2. The highest BCUT2D eigenvalue weighted by Gasteiger charge is 2.23. The minimum atomic E-state index is -0.0863. The van der Waals surface area contributed by atoms with E-state index in [1.165, 1.54) is 0 Å².